The number of hydrogen-bond donors (Lipinski definition) is 3. The Kier molecular flexibility index (Phi) is 5.41. The van der Waals surface area contributed by atoms with E-state index in [2.05, 4.69) is 10.5 Å². The van der Waals surface area contributed by atoms with Gasteiger partial charge < -0.3 is 9.79 Å². The maximum absolute atomic E-state index is 9.35. The molecule has 0 spiro atoms. The predicted molar refractivity (Wildman–Crippen MR) is 27.3 cm³/mol. The normalized spacial score (nSPS) is 10.1. The summed E-state index contributed by atoms with van der Waals surface area (Å²) in [5.41, 5.74) is 0. The Morgan fingerprint density at radius 2 is 1.71 bits per heavy atom. The highest BCUT2D eigenvalue weighted by molar-refractivity contribution is 7.46. The van der Waals surface area contributed by atoms with Crippen LogP contribution in [0.4, 0.5) is 0 Å². The Balaban J connectivity index is 0. The lowest BCUT2D eigenvalue weighted by Gasteiger charge is -1.92. The van der Waals surface area contributed by atoms with Crippen LogP contribution >= 0.6 is 7.82 Å². The lowest BCUT2D eigenvalue weighted by Crippen LogP contribution is -1.93. The molecule has 7 heavy (non-hydrogen) atoms. The van der Waals surface area contributed by atoms with Crippen molar-refractivity contribution in [2.24, 2.45) is 5.90 Å². The fourth-order valence-electron chi connectivity index (χ4n) is 0. The van der Waals surface area contributed by atoms with Gasteiger partial charge in [0, 0.05) is 0 Å². The highest BCUT2D eigenvalue weighted by atomic mass is 31.2. The highest BCUT2D eigenvalue weighted by Crippen LogP contribution is 2.32. The quantitative estimate of drug-likeness (QED) is 0.220. The van der Waals surface area contributed by atoms with Crippen molar-refractivity contribution in [2.75, 3.05) is 0 Å². The van der Waals surface area contributed by atoms with Gasteiger partial charge in [-0.05, 0) is 0 Å². The van der Waals surface area contributed by atoms with Crippen LogP contribution in [-0.4, -0.2) is 27.1 Å². The first-order valence-corrected chi connectivity index (χ1v) is 2.53. The Morgan fingerprint density at radius 3 is 1.71 bits per heavy atom. The molecule has 44 valence electrons. The van der Waals surface area contributed by atoms with Gasteiger partial charge in [0.25, 0.3) is 0 Å². The Morgan fingerprint density at radius 1 is 1.57 bits per heavy atom. The molecule has 0 aliphatic carbocycles. The van der Waals surface area contributed by atoms with Gasteiger partial charge >= 0.3 is 7.82 Å². The van der Waals surface area contributed by atoms with E-state index in [1.165, 1.54) is 0 Å². The molecule has 0 amide bonds. The molecule has 0 radical (unpaired) electrons. The minimum Gasteiger partial charge on any atom is -0.302 e. The fourth-order valence-corrected chi connectivity index (χ4v) is 0. The van der Waals surface area contributed by atoms with Gasteiger partial charge in [-0.3, -0.25) is 0 Å². The maximum atomic E-state index is 9.35. The van der Waals surface area contributed by atoms with Crippen LogP contribution in [0.2, 0.25) is 0 Å². The molecule has 0 saturated heterocycles. The van der Waals surface area contributed by atoms with Crippen molar-refractivity contribution in [3.63, 3.8) is 0 Å². The summed E-state index contributed by atoms with van der Waals surface area (Å²) in [5.74, 6) is 4.04. The van der Waals surface area contributed by atoms with Crippen molar-refractivity contribution in [3.05, 3.63) is 0 Å². The third-order valence-corrected chi connectivity index (χ3v) is 0.412. The van der Waals surface area contributed by atoms with Crippen LogP contribution in [0.25, 0.3) is 0 Å². The van der Waals surface area contributed by atoms with E-state index >= 15 is 0 Å². The van der Waals surface area contributed by atoms with Crippen LogP contribution in [0.1, 0.15) is 0 Å². The van der Waals surface area contributed by atoms with E-state index in [-0.39, 0.29) is 17.4 Å². The molecule has 5 nitrogen and oxygen atoms in total. The molecule has 0 aliphatic heterocycles. The zero-order valence-corrected chi connectivity index (χ0v) is 3.63. The van der Waals surface area contributed by atoms with Gasteiger partial charge in [-0.2, -0.15) is 0 Å². The Bertz CT molecular complexity index is 75.8. The molecule has 0 heterocycles. The number of hydrogen-bond acceptors (Lipinski definition) is 3. The molecule has 7 heteroatoms. The number of nitrogens with two attached hydrogens (primary N) is 1. The van der Waals surface area contributed by atoms with E-state index in [1.807, 2.05) is 0 Å². The average molecular weight is 143 g/mol. The van der Waals surface area contributed by atoms with Crippen molar-refractivity contribution in [1.82, 2.24) is 0 Å². The minimum atomic E-state index is -4.37. The predicted octanol–water partition coefficient (Wildman–Crippen LogP) is -2.21. The van der Waals surface area contributed by atoms with E-state index < -0.39 is 7.82 Å². The first kappa shape index (κ1) is 10.6. The second kappa shape index (κ2) is 3.59. The summed E-state index contributed by atoms with van der Waals surface area (Å²) in [4.78, 5) is 15.2. The van der Waals surface area contributed by atoms with Crippen LogP contribution < -0.4 is 5.90 Å². The molecule has 0 aromatic rings. The molecule has 0 aromatic carbocycles. The summed E-state index contributed by atoms with van der Waals surface area (Å²) in [7, 11) is -4.37. The van der Waals surface area contributed by atoms with Gasteiger partial charge in [-0.25, -0.2) is 15.1 Å². The summed E-state index contributed by atoms with van der Waals surface area (Å²) in [6.07, 6.45) is 0. The van der Waals surface area contributed by atoms with Crippen molar-refractivity contribution in [2.45, 2.75) is 0 Å². The molecule has 0 atom stereocenters. The summed E-state index contributed by atoms with van der Waals surface area (Å²) in [6.45, 7) is 0. The zero-order chi connectivity index (χ0) is 5.21. The maximum Gasteiger partial charge on any atom is 0.485 e. The van der Waals surface area contributed by atoms with Gasteiger partial charge in [-0.15, -0.1) is 0 Å². The summed E-state index contributed by atoms with van der Waals surface area (Å²) in [5, 5.41) is 0. The third-order valence-electron chi connectivity index (χ3n) is 0.137. The van der Waals surface area contributed by atoms with E-state index in [1.54, 1.807) is 0 Å². The summed E-state index contributed by atoms with van der Waals surface area (Å²) >= 11 is 0. The van der Waals surface area contributed by atoms with Crippen molar-refractivity contribution in [3.8, 4) is 0 Å². The van der Waals surface area contributed by atoms with E-state index in [0.29, 0.717) is 0 Å². The molecule has 4 N–H and O–H groups in total. The summed E-state index contributed by atoms with van der Waals surface area (Å²) in [6, 6.07) is 0. The van der Waals surface area contributed by atoms with Crippen molar-refractivity contribution >= 4 is 25.2 Å². The molecular formula is H7AlNO4P. The molecule has 0 fully saturated rings. The van der Waals surface area contributed by atoms with Crippen molar-refractivity contribution in [1.29, 1.82) is 0 Å². The fraction of sp³-hybridized carbons (Fsp3) is 0. The van der Waals surface area contributed by atoms with Crippen LogP contribution in [0, 0.1) is 0 Å². The van der Waals surface area contributed by atoms with Gasteiger partial charge in [0.15, 0.2) is 17.4 Å². The smallest absolute Gasteiger partial charge is 0.302 e. The van der Waals surface area contributed by atoms with Crippen LogP contribution in [-0.2, 0) is 9.19 Å². The molecule has 0 aliphatic rings. The van der Waals surface area contributed by atoms with Gasteiger partial charge in [0.2, 0.25) is 0 Å². The first-order valence-electron chi connectivity index (χ1n) is 1.00. The zero-order valence-electron chi connectivity index (χ0n) is 2.74. The SMILES string of the molecule is NOP(=O)(O)O.[AlH3]. The largest absolute Gasteiger partial charge is 0.485 e. The average Bonchev–Trinajstić information content (AvgIpc) is 1.35. The Hall–Kier alpha value is 0.602. The van der Waals surface area contributed by atoms with Crippen LogP contribution in [0.5, 0.6) is 0 Å². The molecule has 0 bridgehead atoms. The first-order chi connectivity index (χ1) is 2.56. The van der Waals surface area contributed by atoms with Gasteiger partial charge in [0.05, 0.1) is 0 Å². The second-order valence-corrected chi connectivity index (χ2v) is 1.79. The third kappa shape index (κ3) is 10.8. The molecule has 0 saturated carbocycles. The van der Waals surface area contributed by atoms with Crippen LogP contribution in [0.3, 0.4) is 0 Å². The van der Waals surface area contributed by atoms with E-state index in [9.17, 15) is 4.57 Å². The topological polar surface area (TPSA) is 92.8 Å². The Labute approximate surface area is 50.8 Å². The molecule has 0 rings (SSSR count). The van der Waals surface area contributed by atoms with Gasteiger partial charge in [-0.1, -0.05) is 0 Å². The second-order valence-electron chi connectivity index (χ2n) is 0.596. The molecule has 0 aromatic heterocycles. The monoisotopic (exact) mass is 143 g/mol. The van der Waals surface area contributed by atoms with Crippen molar-refractivity contribution < 1.29 is 19.0 Å². The van der Waals surface area contributed by atoms with Crippen LogP contribution in [0.15, 0.2) is 0 Å². The van der Waals surface area contributed by atoms with E-state index in [4.69, 9.17) is 9.79 Å². The lowest BCUT2D eigenvalue weighted by atomic mass is 13.6. The van der Waals surface area contributed by atoms with Gasteiger partial charge in [0.1, 0.15) is 0 Å². The van der Waals surface area contributed by atoms with E-state index in [0.717, 1.165) is 0 Å². The number of rotatable bonds is 1. The standard InChI is InChI=1S/Al.H4NO4P.3H/c;1-5-6(2,3)4;;;/h;1H2,(H2,2,3,4);;;. The highest BCUT2D eigenvalue weighted by Gasteiger charge is 2.08. The number of phosphoric acid groups is 1. The summed E-state index contributed by atoms with van der Waals surface area (Å²) < 4.78 is 12.5. The molecule has 0 unspecified atom stereocenters. The molecular weight excluding hydrogens is 136 g/mol. The minimum absolute atomic E-state index is 0. The lowest BCUT2D eigenvalue weighted by molar-refractivity contribution is 0.201.